The molecule has 2 heterocycles. The normalized spacial score (nSPS) is 20.2. The largest absolute Gasteiger partial charge is 0.394 e. The lowest BCUT2D eigenvalue weighted by Gasteiger charge is -2.22. The molecule has 94 valence electrons. The van der Waals surface area contributed by atoms with Crippen molar-refractivity contribution in [2.24, 2.45) is 0 Å². The molecule has 0 radical (unpaired) electrons. The molecule has 1 atom stereocenters. The number of aliphatic hydroxyl groups is 1. The van der Waals surface area contributed by atoms with Crippen molar-refractivity contribution in [2.75, 3.05) is 32.1 Å². The highest BCUT2D eigenvalue weighted by atomic mass is 32.2. The summed E-state index contributed by atoms with van der Waals surface area (Å²) in [6.45, 7) is 1.43. The van der Waals surface area contributed by atoms with E-state index in [9.17, 15) is 4.79 Å². The third-order valence-corrected chi connectivity index (χ3v) is 4.78. The van der Waals surface area contributed by atoms with E-state index in [1.54, 1.807) is 23.1 Å². The summed E-state index contributed by atoms with van der Waals surface area (Å²) < 4.78 is 5.21. The maximum absolute atomic E-state index is 11.7. The van der Waals surface area contributed by atoms with Crippen molar-refractivity contribution in [3.8, 4) is 0 Å². The number of hydrogen-bond donors (Lipinski definition) is 1. The first-order valence-electron chi connectivity index (χ1n) is 5.46. The van der Waals surface area contributed by atoms with Gasteiger partial charge in [0.05, 0.1) is 25.6 Å². The molecule has 1 saturated heterocycles. The van der Waals surface area contributed by atoms with Crippen LogP contribution in [0.2, 0.25) is 0 Å². The van der Waals surface area contributed by atoms with Gasteiger partial charge in [0.1, 0.15) is 5.37 Å². The van der Waals surface area contributed by atoms with Gasteiger partial charge in [-0.1, -0.05) is 6.07 Å². The second-order valence-corrected chi connectivity index (χ2v) is 5.65. The Morgan fingerprint density at radius 2 is 2.41 bits per heavy atom. The van der Waals surface area contributed by atoms with Crippen molar-refractivity contribution in [1.29, 1.82) is 0 Å². The topological polar surface area (TPSA) is 49.8 Å². The molecule has 1 N–H and O–H groups in total. The van der Waals surface area contributed by atoms with Crippen LogP contribution < -0.4 is 0 Å². The molecule has 17 heavy (non-hydrogen) atoms. The van der Waals surface area contributed by atoms with Crippen LogP contribution in [0.1, 0.15) is 10.3 Å². The molecule has 1 aromatic rings. The molecule has 0 bridgehead atoms. The van der Waals surface area contributed by atoms with Crippen LogP contribution in [0.3, 0.4) is 0 Å². The molecule has 4 nitrogen and oxygen atoms in total. The molecule has 0 saturated carbocycles. The monoisotopic (exact) mass is 273 g/mol. The van der Waals surface area contributed by atoms with Gasteiger partial charge in [0, 0.05) is 11.4 Å². The summed E-state index contributed by atoms with van der Waals surface area (Å²) in [6, 6.07) is 4.06. The van der Waals surface area contributed by atoms with Gasteiger partial charge in [-0.25, -0.2) is 0 Å². The fraction of sp³-hybridized carbons (Fsp3) is 0.545. The van der Waals surface area contributed by atoms with E-state index in [0.717, 1.165) is 0 Å². The molecule has 2 rings (SSSR count). The summed E-state index contributed by atoms with van der Waals surface area (Å²) in [5.74, 6) is 0.712. The third-order valence-electron chi connectivity index (χ3n) is 2.47. The lowest BCUT2D eigenvalue weighted by atomic mass is 10.4. The Hall–Kier alpha value is -0.560. The Balaban J connectivity index is 1.90. The van der Waals surface area contributed by atoms with Crippen molar-refractivity contribution < 1.29 is 14.6 Å². The second-order valence-electron chi connectivity index (χ2n) is 3.60. The van der Waals surface area contributed by atoms with Crippen LogP contribution in [0.25, 0.3) is 0 Å². The van der Waals surface area contributed by atoms with Crippen LogP contribution in [0.4, 0.5) is 0 Å². The zero-order valence-corrected chi connectivity index (χ0v) is 11.0. The smallest absolute Gasteiger partial charge is 0.233 e. The average Bonchev–Trinajstić information content (AvgIpc) is 2.94. The average molecular weight is 273 g/mol. The molecule has 0 aliphatic carbocycles. The van der Waals surface area contributed by atoms with Gasteiger partial charge in [0.25, 0.3) is 0 Å². The van der Waals surface area contributed by atoms with Crippen LogP contribution in [-0.2, 0) is 9.53 Å². The summed E-state index contributed by atoms with van der Waals surface area (Å²) in [7, 11) is 0. The Morgan fingerprint density at radius 3 is 3.12 bits per heavy atom. The van der Waals surface area contributed by atoms with Gasteiger partial charge in [0.15, 0.2) is 0 Å². The van der Waals surface area contributed by atoms with E-state index in [1.165, 1.54) is 4.88 Å². The fourth-order valence-electron chi connectivity index (χ4n) is 1.69. The summed E-state index contributed by atoms with van der Waals surface area (Å²) in [5.41, 5.74) is 0. The lowest BCUT2D eigenvalue weighted by molar-refractivity contribution is -0.128. The second kappa shape index (κ2) is 6.39. The molecule has 1 fully saturated rings. The van der Waals surface area contributed by atoms with Crippen LogP contribution >= 0.6 is 23.1 Å². The summed E-state index contributed by atoms with van der Waals surface area (Å²) >= 11 is 3.34. The van der Waals surface area contributed by atoms with Gasteiger partial charge in [0.2, 0.25) is 5.91 Å². The van der Waals surface area contributed by atoms with Crippen LogP contribution in [0.5, 0.6) is 0 Å². The predicted molar refractivity (Wildman–Crippen MR) is 69.1 cm³/mol. The summed E-state index contributed by atoms with van der Waals surface area (Å²) in [6.07, 6.45) is 0. The first kappa shape index (κ1) is 12.9. The van der Waals surface area contributed by atoms with Crippen LogP contribution in [0, 0.1) is 0 Å². The Bertz CT molecular complexity index is 356. The lowest BCUT2D eigenvalue weighted by Crippen LogP contribution is -2.31. The molecule has 1 aliphatic rings. The Morgan fingerprint density at radius 1 is 1.53 bits per heavy atom. The number of aliphatic hydroxyl groups excluding tert-OH is 1. The van der Waals surface area contributed by atoms with E-state index in [4.69, 9.17) is 9.84 Å². The SMILES string of the molecule is O=C1CSC(c2cccs2)N1CCOCCO. The zero-order chi connectivity index (χ0) is 12.1. The molecule has 1 amide bonds. The van der Waals surface area contributed by atoms with E-state index in [1.807, 2.05) is 16.3 Å². The minimum absolute atomic E-state index is 0.0249. The van der Waals surface area contributed by atoms with Gasteiger partial charge < -0.3 is 14.7 Å². The quantitative estimate of drug-likeness (QED) is 0.795. The van der Waals surface area contributed by atoms with Crippen molar-refractivity contribution in [1.82, 2.24) is 4.90 Å². The summed E-state index contributed by atoms with van der Waals surface area (Å²) in [5, 5.41) is 10.8. The highest BCUT2D eigenvalue weighted by Crippen LogP contribution is 2.40. The van der Waals surface area contributed by atoms with Crippen LogP contribution in [0.15, 0.2) is 17.5 Å². The number of thiophene rings is 1. The predicted octanol–water partition coefficient (Wildman–Crippen LogP) is 1.33. The standard InChI is InChI=1S/C11H15NO3S2/c13-4-6-15-5-3-12-10(14)8-17-11(12)9-2-1-7-16-9/h1-2,7,11,13H,3-6,8H2. The van der Waals surface area contributed by atoms with Crippen molar-refractivity contribution in [2.45, 2.75) is 5.37 Å². The number of hydrogen-bond acceptors (Lipinski definition) is 5. The number of nitrogens with zero attached hydrogens (tertiary/aromatic N) is 1. The molecule has 6 heteroatoms. The highest BCUT2D eigenvalue weighted by molar-refractivity contribution is 8.00. The number of rotatable bonds is 6. The van der Waals surface area contributed by atoms with E-state index in [0.29, 0.717) is 25.5 Å². The van der Waals surface area contributed by atoms with Crippen molar-refractivity contribution >= 4 is 29.0 Å². The number of ether oxygens (including phenoxy) is 1. The minimum atomic E-state index is 0.0249. The van der Waals surface area contributed by atoms with Gasteiger partial charge in [-0.3, -0.25) is 4.79 Å². The molecule has 1 aliphatic heterocycles. The number of amides is 1. The van der Waals surface area contributed by atoms with E-state index >= 15 is 0 Å². The Kier molecular flexibility index (Phi) is 4.85. The number of carbonyl (C=O) groups excluding carboxylic acids is 1. The van der Waals surface area contributed by atoms with E-state index in [-0.39, 0.29) is 17.9 Å². The highest BCUT2D eigenvalue weighted by Gasteiger charge is 2.32. The number of carbonyl (C=O) groups is 1. The van der Waals surface area contributed by atoms with Gasteiger partial charge in [-0.05, 0) is 11.4 Å². The van der Waals surface area contributed by atoms with Gasteiger partial charge in [-0.2, -0.15) is 0 Å². The maximum Gasteiger partial charge on any atom is 0.233 e. The van der Waals surface area contributed by atoms with Crippen molar-refractivity contribution in [3.63, 3.8) is 0 Å². The molecule has 0 aromatic carbocycles. The fourth-order valence-corrected chi connectivity index (χ4v) is 3.89. The third kappa shape index (κ3) is 3.22. The van der Waals surface area contributed by atoms with E-state index in [2.05, 4.69) is 6.07 Å². The van der Waals surface area contributed by atoms with E-state index < -0.39 is 0 Å². The molecular weight excluding hydrogens is 258 g/mol. The van der Waals surface area contributed by atoms with Crippen molar-refractivity contribution in [3.05, 3.63) is 22.4 Å². The molecular formula is C11H15NO3S2. The first-order valence-corrected chi connectivity index (χ1v) is 7.39. The maximum atomic E-state index is 11.7. The zero-order valence-electron chi connectivity index (χ0n) is 9.37. The van der Waals surface area contributed by atoms with Gasteiger partial charge in [-0.15, -0.1) is 23.1 Å². The molecule has 1 unspecified atom stereocenters. The van der Waals surface area contributed by atoms with Crippen LogP contribution in [-0.4, -0.2) is 48.0 Å². The molecule has 0 spiro atoms. The molecule has 1 aromatic heterocycles. The Labute approximate surface area is 109 Å². The number of thioether (sulfide) groups is 1. The minimum Gasteiger partial charge on any atom is -0.394 e. The first-order chi connectivity index (χ1) is 8.33. The van der Waals surface area contributed by atoms with Gasteiger partial charge >= 0.3 is 0 Å². The summed E-state index contributed by atoms with van der Waals surface area (Å²) in [4.78, 5) is 14.8.